The smallest absolute Gasteiger partial charge is 0.245 e. The molecule has 1 fully saturated rings. The number of phenolic OH excluding ortho intramolecular Hbond substituents is 1. The number of carbonyl (C=O) groups excluding carboxylic acids is 1. The van der Waals surface area contributed by atoms with Crippen LogP contribution in [0.2, 0.25) is 0 Å². The number of nitrogens with zero attached hydrogens (tertiary/aromatic N) is 1. The van der Waals surface area contributed by atoms with Crippen molar-refractivity contribution in [3.8, 4) is 5.75 Å². The molecular formula is C17H23NO4S. The Bertz CT molecular complexity index is 761. The number of hydrogen-bond acceptors (Lipinski definition) is 4. The Morgan fingerprint density at radius 1 is 1.30 bits per heavy atom. The quantitative estimate of drug-likeness (QED) is 0.857. The minimum absolute atomic E-state index is 0.0153. The lowest BCUT2D eigenvalue weighted by Crippen LogP contribution is -2.38. The highest BCUT2D eigenvalue weighted by atomic mass is 32.2. The SMILES string of the molecule is CC(C)=C[C@@H]1[C@@H](C(=O)N(c2cccc(O)c2)S(C)(=O)=O)C1(C)C. The third-order valence-corrected chi connectivity index (χ3v) is 5.34. The Balaban J connectivity index is 2.43. The second-order valence-corrected chi connectivity index (χ2v) is 8.79. The van der Waals surface area contributed by atoms with Crippen LogP contribution < -0.4 is 4.31 Å². The van der Waals surface area contributed by atoms with Gasteiger partial charge in [-0.05, 0) is 37.3 Å². The number of hydrogen-bond donors (Lipinski definition) is 1. The van der Waals surface area contributed by atoms with Crippen molar-refractivity contribution < 1.29 is 18.3 Å². The van der Waals surface area contributed by atoms with Gasteiger partial charge in [0.05, 0.1) is 17.9 Å². The lowest BCUT2D eigenvalue weighted by atomic mass is 10.1. The van der Waals surface area contributed by atoms with Crippen LogP contribution in [0.1, 0.15) is 27.7 Å². The maximum atomic E-state index is 12.9. The first-order valence-corrected chi connectivity index (χ1v) is 9.29. The highest BCUT2D eigenvalue weighted by Crippen LogP contribution is 2.60. The molecule has 1 saturated carbocycles. The van der Waals surface area contributed by atoms with E-state index in [1.54, 1.807) is 0 Å². The zero-order valence-corrected chi connectivity index (χ0v) is 14.9. The van der Waals surface area contributed by atoms with Crippen molar-refractivity contribution >= 4 is 21.6 Å². The average Bonchev–Trinajstić information content (AvgIpc) is 2.88. The van der Waals surface area contributed by atoms with Crippen LogP contribution in [-0.4, -0.2) is 25.7 Å². The molecule has 1 amide bonds. The molecule has 2 atom stereocenters. The summed E-state index contributed by atoms with van der Waals surface area (Å²) in [6.45, 7) is 7.84. The van der Waals surface area contributed by atoms with Crippen LogP contribution in [0, 0.1) is 17.3 Å². The highest BCUT2D eigenvalue weighted by Gasteiger charge is 2.62. The van der Waals surface area contributed by atoms with Gasteiger partial charge in [-0.15, -0.1) is 0 Å². The molecule has 1 aromatic carbocycles. The maximum Gasteiger partial charge on any atom is 0.245 e. The summed E-state index contributed by atoms with van der Waals surface area (Å²) in [4.78, 5) is 12.9. The Hall–Kier alpha value is -1.82. The first-order valence-electron chi connectivity index (χ1n) is 7.44. The van der Waals surface area contributed by atoms with Crippen LogP contribution in [0.5, 0.6) is 5.75 Å². The first kappa shape index (κ1) is 17.5. The molecule has 0 heterocycles. The minimum atomic E-state index is -3.79. The molecule has 0 aliphatic heterocycles. The zero-order chi connectivity index (χ0) is 17.6. The number of benzene rings is 1. The van der Waals surface area contributed by atoms with E-state index in [2.05, 4.69) is 0 Å². The summed E-state index contributed by atoms with van der Waals surface area (Å²) in [5, 5.41) is 9.60. The molecule has 126 valence electrons. The van der Waals surface area contributed by atoms with Gasteiger partial charge in [0, 0.05) is 6.07 Å². The van der Waals surface area contributed by atoms with E-state index in [-0.39, 0.29) is 22.8 Å². The number of anilines is 1. The molecule has 1 aromatic rings. The van der Waals surface area contributed by atoms with E-state index in [0.717, 1.165) is 16.1 Å². The first-order chi connectivity index (χ1) is 10.5. The van der Waals surface area contributed by atoms with Crippen LogP contribution >= 0.6 is 0 Å². The number of amides is 1. The monoisotopic (exact) mass is 337 g/mol. The van der Waals surface area contributed by atoms with Gasteiger partial charge in [-0.2, -0.15) is 0 Å². The van der Waals surface area contributed by atoms with Crippen LogP contribution in [0.3, 0.4) is 0 Å². The average molecular weight is 337 g/mol. The van der Waals surface area contributed by atoms with E-state index < -0.39 is 21.8 Å². The third kappa shape index (κ3) is 3.42. The van der Waals surface area contributed by atoms with Gasteiger partial charge in [-0.1, -0.05) is 31.6 Å². The molecule has 0 unspecified atom stereocenters. The van der Waals surface area contributed by atoms with E-state index >= 15 is 0 Å². The molecule has 5 nitrogen and oxygen atoms in total. The van der Waals surface area contributed by atoms with Crippen LogP contribution in [-0.2, 0) is 14.8 Å². The summed E-state index contributed by atoms with van der Waals surface area (Å²) in [6.07, 6.45) is 3.02. The molecule has 0 saturated heterocycles. The summed E-state index contributed by atoms with van der Waals surface area (Å²) < 4.78 is 25.1. The fourth-order valence-electron chi connectivity index (χ4n) is 3.05. The molecule has 0 radical (unpaired) electrons. The fourth-order valence-corrected chi connectivity index (χ4v) is 3.98. The Morgan fingerprint density at radius 3 is 2.39 bits per heavy atom. The Kier molecular flexibility index (Phi) is 4.32. The van der Waals surface area contributed by atoms with Crippen LogP contribution in [0.4, 0.5) is 5.69 Å². The molecule has 0 spiro atoms. The van der Waals surface area contributed by atoms with Crippen molar-refractivity contribution in [2.45, 2.75) is 27.7 Å². The lowest BCUT2D eigenvalue weighted by Gasteiger charge is -2.21. The fraction of sp³-hybridized carbons (Fsp3) is 0.471. The van der Waals surface area contributed by atoms with E-state index in [9.17, 15) is 18.3 Å². The number of phenols is 1. The number of aromatic hydroxyl groups is 1. The molecule has 1 aliphatic rings. The molecule has 2 rings (SSSR count). The zero-order valence-electron chi connectivity index (χ0n) is 14.1. The van der Waals surface area contributed by atoms with Gasteiger partial charge >= 0.3 is 0 Å². The summed E-state index contributed by atoms with van der Waals surface area (Å²) in [5.74, 6) is -0.915. The van der Waals surface area contributed by atoms with Crippen molar-refractivity contribution in [2.75, 3.05) is 10.6 Å². The molecule has 0 aromatic heterocycles. The predicted molar refractivity (Wildman–Crippen MR) is 90.6 cm³/mol. The lowest BCUT2D eigenvalue weighted by molar-refractivity contribution is -0.119. The summed E-state index contributed by atoms with van der Waals surface area (Å²) in [6, 6.07) is 5.73. The molecular weight excluding hydrogens is 314 g/mol. The highest BCUT2D eigenvalue weighted by molar-refractivity contribution is 7.92. The summed E-state index contributed by atoms with van der Waals surface area (Å²) in [5.41, 5.74) is 0.978. The molecule has 1 aliphatic carbocycles. The van der Waals surface area contributed by atoms with Gasteiger partial charge in [-0.25, -0.2) is 12.7 Å². The number of carbonyl (C=O) groups is 1. The summed E-state index contributed by atoms with van der Waals surface area (Å²) in [7, 11) is -3.79. The minimum Gasteiger partial charge on any atom is -0.508 e. The van der Waals surface area contributed by atoms with Gasteiger partial charge in [0.25, 0.3) is 0 Å². The Labute approximate surface area is 137 Å². The van der Waals surface area contributed by atoms with Gasteiger partial charge < -0.3 is 5.11 Å². The normalized spacial score (nSPS) is 22.3. The third-order valence-electron chi connectivity index (χ3n) is 4.29. The topological polar surface area (TPSA) is 74.7 Å². The van der Waals surface area contributed by atoms with E-state index in [1.165, 1.54) is 24.3 Å². The van der Waals surface area contributed by atoms with Crippen molar-refractivity contribution in [1.29, 1.82) is 0 Å². The van der Waals surface area contributed by atoms with Crippen molar-refractivity contribution in [3.63, 3.8) is 0 Å². The van der Waals surface area contributed by atoms with Crippen molar-refractivity contribution in [1.82, 2.24) is 0 Å². The van der Waals surface area contributed by atoms with Crippen LogP contribution in [0.15, 0.2) is 35.9 Å². The molecule has 23 heavy (non-hydrogen) atoms. The molecule has 6 heteroatoms. The van der Waals surface area contributed by atoms with Gasteiger partial charge in [0.15, 0.2) is 0 Å². The number of rotatable bonds is 4. The predicted octanol–water partition coefficient (Wildman–Crippen LogP) is 2.92. The van der Waals surface area contributed by atoms with E-state index in [1.807, 2.05) is 33.8 Å². The summed E-state index contributed by atoms with van der Waals surface area (Å²) >= 11 is 0. The second kappa shape index (κ2) is 5.67. The van der Waals surface area contributed by atoms with Crippen LogP contribution in [0.25, 0.3) is 0 Å². The van der Waals surface area contributed by atoms with Gasteiger partial charge in [0.1, 0.15) is 5.75 Å². The Morgan fingerprint density at radius 2 is 1.91 bits per heavy atom. The number of allylic oxidation sites excluding steroid dienone is 2. The maximum absolute atomic E-state index is 12.9. The van der Waals surface area contributed by atoms with Crippen molar-refractivity contribution in [2.24, 2.45) is 17.3 Å². The van der Waals surface area contributed by atoms with Gasteiger partial charge in [0.2, 0.25) is 15.9 Å². The number of sulfonamides is 1. The standard InChI is InChI=1S/C17H23NO4S/c1-11(2)9-14-15(17(14,3)4)16(20)18(23(5,21)22)12-7-6-8-13(19)10-12/h6-10,14-15,19H,1-5H3/t14-,15+/m1/s1. The molecule has 1 N–H and O–H groups in total. The van der Waals surface area contributed by atoms with Gasteiger partial charge in [-0.3, -0.25) is 4.79 Å². The van der Waals surface area contributed by atoms with E-state index in [4.69, 9.17) is 0 Å². The van der Waals surface area contributed by atoms with E-state index in [0.29, 0.717) is 0 Å². The largest absolute Gasteiger partial charge is 0.508 e. The second-order valence-electron chi connectivity index (χ2n) is 6.95. The molecule has 0 bridgehead atoms. The van der Waals surface area contributed by atoms with Crippen molar-refractivity contribution in [3.05, 3.63) is 35.9 Å².